The molecule has 28 heavy (non-hydrogen) atoms. The van der Waals surface area contributed by atoms with Gasteiger partial charge in [0.1, 0.15) is 0 Å². The molecule has 8 nitrogen and oxygen atoms in total. The quantitative estimate of drug-likeness (QED) is 0.870. The first-order chi connectivity index (χ1) is 13.7. The summed E-state index contributed by atoms with van der Waals surface area (Å²) in [6, 6.07) is 8.65. The maximum absolute atomic E-state index is 11.8. The number of para-hydroxylation sites is 1. The summed E-state index contributed by atoms with van der Waals surface area (Å²) in [5.41, 5.74) is 2.48. The van der Waals surface area contributed by atoms with Gasteiger partial charge in [-0.15, -0.1) is 5.10 Å². The fourth-order valence-corrected chi connectivity index (χ4v) is 3.85. The number of nitrogens with one attached hydrogen (secondary N) is 1. The van der Waals surface area contributed by atoms with Crippen molar-refractivity contribution < 1.29 is 9.53 Å². The van der Waals surface area contributed by atoms with Gasteiger partial charge in [-0.2, -0.15) is 10.1 Å². The molecular weight excluding hydrogens is 356 g/mol. The predicted molar refractivity (Wildman–Crippen MR) is 107 cm³/mol. The zero-order chi connectivity index (χ0) is 19.3. The standard InChI is InChI=1S/C20H26N6O2/c1-2-28-20(27)25-12-9-16(10-13-25)22-18-14-21-24-19(23-18)26-11-5-7-15-6-3-4-8-17(15)26/h3-4,6,8,14,16H,2,5,7,9-13H2,1H3,(H,22,23,24). The van der Waals surface area contributed by atoms with Crippen molar-refractivity contribution in [2.24, 2.45) is 0 Å². The molecule has 1 saturated heterocycles. The summed E-state index contributed by atoms with van der Waals surface area (Å²) in [6.45, 7) is 4.49. The molecule has 1 fully saturated rings. The molecular formula is C20H26N6O2. The third-order valence-corrected chi connectivity index (χ3v) is 5.27. The van der Waals surface area contributed by atoms with E-state index < -0.39 is 0 Å². The number of hydrogen-bond donors (Lipinski definition) is 1. The Morgan fingerprint density at radius 1 is 1.25 bits per heavy atom. The van der Waals surface area contributed by atoms with Gasteiger partial charge in [0.2, 0.25) is 0 Å². The second-order valence-electron chi connectivity index (χ2n) is 7.13. The fraction of sp³-hybridized carbons (Fsp3) is 0.500. The SMILES string of the molecule is CCOC(=O)N1CCC(Nc2cnnc(N3CCCc4ccccc43)n2)CC1. The van der Waals surface area contributed by atoms with Crippen molar-refractivity contribution in [2.45, 2.75) is 38.6 Å². The molecule has 0 atom stereocenters. The molecule has 2 aromatic rings. The lowest BCUT2D eigenvalue weighted by molar-refractivity contribution is 0.0983. The number of carbonyl (C=O) groups is 1. The van der Waals surface area contributed by atoms with Crippen molar-refractivity contribution in [2.75, 3.05) is 36.5 Å². The van der Waals surface area contributed by atoms with Gasteiger partial charge in [-0.3, -0.25) is 0 Å². The number of anilines is 3. The molecule has 148 valence electrons. The molecule has 0 saturated carbocycles. The molecule has 0 spiro atoms. The smallest absolute Gasteiger partial charge is 0.409 e. The third kappa shape index (κ3) is 4.00. The number of likely N-dealkylation sites (tertiary alicyclic amines) is 1. The average Bonchev–Trinajstić information content (AvgIpc) is 2.74. The lowest BCUT2D eigenvalue weighted by Crippen LogP contribution is -2.42. The first kappa shape index (κ1) is 18.5. The van der Waals surface area contributed by atoms with Gasteiger partial charge in [-0.1, -0.05) is 18.2 Å². The highest BCUT2D eigenvalue weighted by Gasteiger charge is 2.25. The van der Waals surface area contributed by atoms with E-state index in [1.165, 1.54) is 5.56 Å². The summed E-state index contributed by atoms with van der Waals surface area (Å²) >= 11 is 0. The molecule has 0 unspecified atom stereocenters. The Kier molecular flexibility index (Phi) is 5.55. The molecule has 1 amide bonds. The minimum atomic E-state index is -0.226. The summed E-state index contributed by atoms with van der Waals surface area (Å²) in [5.74, 6) is 1.35. The minimum Gasteiger partial charge on any atom is -0.450 e. The van der Waals surface area contributed by atoms with E-state index in [9.17, 15) is 4.79 Å². The molecule has 3 heterocycles. The Labute approximate surface area is 164 Å². The monoisotopic (exact) mass is 382 g/mol. The van der Waals surface area contributed by atoms with Crippen LogP contribution in [0.3, 0.4) is 0 Å². The van der Waals surface area contributed by atoms with Crippen molar-refractivity contribution in [3.8, 4) is 0 Å². The Balaban J connectivity index is 1.41. The number of ether oxygens (including phenoxy) is 1. The number of benzene rings is 1. The van der Waals surface area contributed by atoms with Crippen LogP contribution in [-0.2, 0) is 11.2 Å². The van der Waals surface area contributed by atoms with Crippen LogP contribution in [0.5, 0.6) is 0 Å². The van der Waals surface area contributed by atoms with Crippen LogP contribution < -0.4 is 10.2 Å². The Morgan fingerprint density at radius 3 is 2.89 bits per heavy atom. The summed E-state index contributed by atoms with van der Waals surface area (Å²) in [4.78, 5) is 20.4. The van der Waals surface area contributed by atoms with Gasteiger partial charge in [-0.05, 0) is 44.2 Å². The number of aromatic nitrogens is 3. The number of piperidine rings is 1. The van der Waals surface area contributed by atoms with Crippen LogP contribution in [0.15, 0.2) is 30.5 Å². The first-order valence-corrected chi connectivity index (χ1v) is 9.98. The number of fused-ring (bicyclic) bond motifs is 1. The molecule has 0 bridgehead atoms. The number of nitrogens with zero attached hydrogens (tertiary/aromatic N) is 5. The van der Waals surface area contributed by atoms with E-state index in [0.717, 1.165) is 43.7 Å². The van der Waals surface area contributed by atoms with Crippen LogP contribution in [0.2, 0.25) is 0 Å². The van der Waals surface area contributed by atoms with Gasteiger partial charge in [0.25, 0.3) is 5.95 Å². The third-order valence-electron chi connectivity index (χ3n) is 5.27. The van der Waals surface area contributed by atoms with E-state index in [4.69, 9.17) is 9.72 Å². The van der Waals surface area contributed by atoms with Crippen molar-refractivity contribution in [1.82, 2.24) is 20.1 Å². The molecule has 2 aliphatic heterocycles. The predicted octanol–water partition coefficient (Wildman–Crippen LogP) is 2.99. The van der Waals surface area contributed by atoms with Crippen molar-refractivity contribution in [3.63, 3.8) is 0 Å². The number of amides is 1. The van der Waals surface area contributed by atoms with Gasteiger partial charge in [-0.25, -0.2) is 4.79 Å². The molecule has 2 aliphatic rings. The molecule has 1 aromatic carbocycles. The topological polar surface area (TPSA) is 83.5 Å². The van der Waals surface area contributed by atoms with Crippen LogP contribution in [0, 0.1) is 0 Å². The second kappa shape index (κ2) is 8.41. The molecule has 8 heteroatoms. The van der Waals surface area contributed by atoms with E-state index in [2.05, 4.69) is 38.6 Å². The highest BCUT2D eigenvalue weighted by molar-refractivity contribution is 5.67. The number of rotatable bonds is 4. The lowest BCUT2D eigenvalue weighted by Gasteiger charge is -2.32. The van der Waals surface area contributed by atoms with Gasteiger partial charge < -0.3 is 19.9 Å². The largest absolute Gasteiger partial charge is 0.450 e. The fourth-order valence-electron chi connectivity index (χ4n) is 3.85. The van der Waals surface area contributed by atoms with E-state index in [0.29, 0.717) is 25.6 Å². The molecule has 0 aliphatic carbocycles. The Hall–Kier alpha value is -2.90. The van der Waals surface area contributed by atoms with Crippen LogP contribution >= 0.6 is 0 Å². The first-order valence-electron chi connectivity index (χ1n) is 9.98. The minimum absolute atomic E-state index is 0.226. The van der Waals surface area contributed by atoms with Crippen molar-refractivity contribution >= 4 is 23.5 Å². The van der Waals surface area contributed by atoms with E-state index in [-0.39, 0.29) is 12.1 Å². The number of aryl methyl sites for hydroxylation is 1. The molecule has 4 rings (SSSR count). The lowest BCUT2D eigenvalue weighted by atomic mass is 10.0. The molecule has 1 aromatic heterocycles. The van der Waals surface area contributed by atoms with Gasteiger partial charge in [0, 0.05) is 31.4 Å². The number of hydrogen-bond acceptors (Lipinski definition) is 7. The van der Waals surface area contributed by atoms with Crippen LogP contribution in [0.25, 0.3) is 0 Å². The van der Waals surface area contributed by atoms with Crippen LogP contribution in [0.1, 0.15) is 31.7 Å². The second-order valence-corrected chi connectivity index (χ2v) is 7.13. The zero-order valence-electron chi connectivity index (χ0n) is 16.2. The van der Waals surface area contributed by atoms with E-state index >= 15 is 0 Å². The number of carbonyl (C=O) groups excluding carboxylic acids is 1. The highest BCUT2D eigenvalue weighted by Crippen LogP contribution is 2.31. The maximum atomic E-state index is 11.8. The average molecular weight is 382 g/mol. The van der Waals surface area contributed by atoms with Gasteiger partial charge in [0.15, 0.2) is 5.82 Å². The summed E-state index contributed by atoms with van der Waals surface area (Å²) in [7, 11) is 0. The van der Waals surface area contributed by atoms with Crippen LogP contribution in [-0.4, -0.2) is 58.5 Å². The van der Waals surface area contributed by atoms with E-state index in [1.807, 2.05) is 13.0 Å². The van der Waals surface area contributed by atoms with Gasteiger partial charge >= 0.3 is 6.09 Å². The van der Waals surface area contributed by atoms with Crippen LogP contribution in [0.4, 0.5) is 22.2 Å². The normalized spacial score (nSPS) is 17.2. The van der Waals surface area contributed by atoms with Crippen molar-refractivity contribution in [1.29, 1.82) is 0 Å². The van der Waals surface area contributed by atoms with Gasteiger partial charge in [0.05, 0.1) is 12.8 Å². The maximum Gasteiger partial charge on any atom is 0.409 e. The molecule has 0 radical (unpaired) electrons. The van der Waals surface area contributed by atoms with Crippen molar-refractivity contribution in [3.05, 3.63) is 36.0 Å². The summed E-state index contributed by atoms with van der Waals surface area (Å²) in [5, 5.41) is 11.9. The highest BCUT2D eigenvalue weighted by atomic mass is 16.6. The Morgan fingerprint density at radius 2 is 2.07 bits per heavy atom. The summed E-state index contributed by atoms with van der Waals surface area (Å²) in [6.07, 6.45) is 5.30. The summed E-state index contributed by atoms with van der Waals surface area (Å²) < 4.78 is 5.08. The molecule has 1 N–H and O–H groups in total. The zero-order valence-corrected chi connectivity index (χ0v) is 16.2. The Bertz CT molecular complexity index is 822. The van der Waals surface area contributed by atoms with E-state index in [1.54, 1.807) is 11.1 Å².